The number of rotatable bonds is 3. The van der Waals surface area contributed by atoms with Crippen molar-refractivity contribution in [2.24, 2.45) is 0 Å². The first-order chi connectivity index (χ1) is 17.3. The van der Waals surface area contributed by atoms with Gasteiger partial charge >= 0.3 is 0 Å². The second kappa shape index (κ2) is 7.94. The third kappa shape index (κ3) is 3.47. The molecule has 0 aromatic carbocycles. The number of hydrogen-bond acceptors (Lipinski definition) is 9. The summed E-state index contributed by atoms with van der Waals surface area (Å²) in [4.78, 5) is 27.7. The summed E-state index contributed by atoms with van der Waals surface area (Å²) in [5.41, 5.74) is 15.8. The van der Waals surface area contributed by atoms with Gasteiger partial charge in [0.05, 0.1) is 17.1 Å². The Morgan fingerprint density at radius 1 is 1.14 bits per heavy atom. The van der Waals surface area contributed by atoms with Crippen LogP contribution in [0.4, 0.5) is 23.1 Å². The van der Waals surface area contributed by atoms with Gasteiger partial charge in [0.2, 0.25) is 5.91 Å². The zero-order valence-corrected chi connectivity index (χ0v) is 20.3. The lowest BCUT2D eigenvalue weighted by molar-refractivity contribution is -0.130. The van der Waals surface area contributed by atoms with Crippen molar-refractivity contribution >= 4 is 45.5 Å². The van der Waals surface area contributed by atoms with Crippen LogP contribution < -0.4 is 16.5 Å². The average Bonchev–Trinajstić information content (AvgIpc) is 3.32. The molecule has 2 aliphatic heterocycles. The van der Waals surface area contributed by atoms with Crippen LogP contribution in [0.2, 0.25) is 0 Å². The van der Waals surface area contributed by atoms with E-state index in [0.717, 1.165) is 56.8 Å². The quantitative estimate of drug-likeness (QED) is 0.403. The van der Waals surface area contributed by atoms with Gasteiger partial charge in [-0.15, -0.1) is 0 Å². The molecule has 36 heavy (non-hydrogen) atoms. The van der Waals surface area contributed by atoms with E-state index in [9.17, 15) is 4.79 Å². The lowest BCUT2D eigenvalue weighted by atomic mass is 10.0. The zero-order valence-electron chi connectivity index (χ0n) is 20.3. The number of nitrogens with two attached hydrogens (primary N) is 1. The number of hydrazine groups is 1. The molecule has 4 N–H and O–H groups in total. The van der Waals surface area contributed by atoms with Crippen LogP contribution in [0.25, 0.3) is 27.7 Å². The van der Waals surface area contributed by atoms with E-state index < -0.39 is 0 Å². The second-order valence-electron chi connectivity index (χ2n) is 9.19. The summed E-state index contributed by atoms with van der Waals surface area (Å²) in [6.45, 7) is 7.01. The number of nitrogen functional groups attached to an aromatic ring is 1. The number of amides is 1. The van der Waals surface area contributed by atoms with Crippen molar-refractivity contribution in [3.63, 3.8) is 0 Å². The molecule has 0 saturated carbocycles. The Morgan fingerprint density at radius 3 is 2.81 bits per heavy atom. The summed E-state index contributed by atoms with van der Waals surface area (Å²) in [6, 6.07) is 5.87. The van der Waals surface area contributed by atoms with Crippen LogP contribution in [0.3, 0.4) is 0 Å². The van der Waals surface area contributed by atoms with E-state index in [4.69, 9.17) is 5.73 Å². The maximum Gasteiger partial charge on any atom is 0.244 e. The first kappa shape index (κ1) is 21.8. The fourth-order valence-electron chi connectivity index (χ4n) is 4.63. The van der Waals surface area contributed by atoms with Crippen molar-refractivity contribution in [3.8, 4) is 11.3 Å². The Hall–Kier alpha value is -4.67. The Balaban J connectivity index is 1.34. The van der Waals surface area contributed by atoms with Gasteiger partial charge in [0.1, 0.15) is 23.9 Å². The summed E-state index contributed by atoms with van der Waals surface area (Å²) in [5, 5.41) is 11.3. The van der Waals surface area contributed by atoms with E-state index in [1.165, 1.54) is 0 Å². The predicted molar refractivity (Wildman–Crippen MR) is 139 cm³/mol. The van der Waals surface area contributed by atoms with Gasteiger partial charge in [-0.3, -0.25) is 24.9 Å². The first-order valence-corrected chi connectivity index (χ1v) is 11.6. The van der Waals surface area contributed by atoms with Crippen molar-refractivity contribution in [2.75, 3.05) is 37.1 Å². The Labute approximate surface area is 207 Å². The molecule has 4 aromatic rings. The highest BCUT2D eigenvalue weighted by molar-refractivity contribution is 5.95. The Kier molecular flexibility index (Phi) is 4.82. The summed E-state index contributed by atoms with van der Waals surface area (Å²) in [7, 11) is 3.72. The summed E-state index contributed by atoms with van der Waals surface area (Å²) in [5.74, 6) is 1.71. The smallest absolute Gasteiger partial charge is 0.244 e. The van der Waals surface area contributed by atoms with Gasteiger partial charge < -0.3 is 16.0 Å². The molecule has 1 amide bonds. The van der Waals surface area contributed by atoms with E-state index in [1.807, 2.05) is 50.4 Å². The number of pyridine rings is 3. The highest BCUT2D eigenvalue weighted by atomic mass is 16.2. The molecule has 6 heterocycles. The molecule has 0 unspecified atom stereocenters. The van der Waals surface area contributed by atoms with Gasteiger partial charge in [-0.25, -0.2) is 9.97 Å². The highest BCUT2D eigenvalue weighted by Gasteiger charge is 2.25. The van der Waals surface area contributed by atoms with Crippen LogP contribution in [0.5, 0.6) is 0 Å². The van der Waals surface area contributed by atoms with Gasteiger partial charge in [-0.1, -0.05) is 6.58 Å². The summed E-state index contributed by atoms with van der Waals surface area (Å²) >= 11 is 0. The predicted octanol–water partition coefficient (Wildman–Crippen LogP) is 2.78. The first-order valence-electron chi connectivity index (χ1n) is 11.6. The fourth-order valence-corrected chi connectivity index (χ4v) is 4.63. The topological polar surface area (TPSA) is 130 Å². The van der Waals surface area contributed by atoms with E-state index in [0.29, 0.717) is 24.0 Å². The minimum absolute atomic E-state index is 0.0465. The molecule has 0 radical (unpaired) electrons. The van der Waals surface area contributed by atoms with Crippen LogP contribution >= 0.6 is 0 Å². The number of fused-ring (bicyclic) bond motifs is 3. The third-order valence-corrected chi connectivity index (χ3v) is 6.85. The van der Waals surface area contributed by atoms with E-state index in [1.54, 1.807) is 15.8 Å². The number of carbonyl (C=O) groups is 1. The molecule has 0 bridgehead atoms. The Bertz CT molecular complexity index is 1570. The van der Waals surface area contributed by atoms with Crippen molar-refractivity contribution in [2.45, 2.75) is 19.9 Å². The largest absolute Gasteiger partial charge is 0.383 e. The molecule has 0 saturated heterocycles. The molecule has 11 nitrogen and oxygen atoms in total. The van der Waals surface area contributed by atoms with Gasteiger partial charge in [-0.2, -0.15) is 5.10 Å². The number of nitrogens with one attached hydrogen (secondary N) is 2. The molecule has 0 atom stereocenters. The molecule has 0 aliphatic carbocycles. The van der Waals surface area contributed by atoms with Crippen molar-refractivity contribution in [3.05, 3.63) is 54.1 Å². The molecule has 2 aliphatic rings. The van der Waals surface area contributed by atoms with E-state index in [2.05, 4.69) is 37.4 Å². The summed E-state index contributed by atoms with van der Waals surface area (Å²) in [6.07, 6.45) is 4.27. The number of carbonyl (C=O) groups excluding carboxylic acids is 1. The normalized spacial score (nSPS) is 15.1. The number of anilines is 4. The third-order valence-electron chi connectivity index (χ3n) is 6.85. The number of hydrogen-bond donors (Lipinski definition) is 3. The zero-order chi connectivity index (χ0) is 25.1. The molecular weight excluding hydrogens is 456 g/mol. The minimum Gasteiger partial charge on any atom is -0.383 e. The molecular formula is C25H26N10O. The molecule has 4 aromatic heterocycles. The van der Waals surface area contributed by atoms with E-state index in [-0.39, 0.29) is 12.5 Å². The van der Waals surface area contributed by atoms with Crippen LogP contribution in [0.1, 0.15) is 17.0 Å². The molecule has 11 heteroatoms. The van der Waals surface area contributed by atoms with Crippen LogP contribution in [0, 0.1) is 6.92 Å². The average molecular weight is 483 g/mol. The fraction of sp³-hybridized carbons (Fsp3) is 0.240. The van der Waals surface area contributed by atoms with Crippen molar-refractivity contribution < 1.29 is 4.79 Å². The minimum atomic E-state index is 0.0465. The maximum absolute atomic E-state index is 12.2. The molecule has 0 fully saturated rings. The lowest BCUT2D eigenvalue weighted by Gasteiger charge is -2.13. The van der Waals surface area contributed by atoms with Crippen molar-refractivity contribution in [1.82, 2.24) is 34.6 Å². The van der Waals surface area contributed by atoms with E-state index >= 15 is 0 Å². The maximum atomic E-state index is 12.2. The van der Waals surface area contributed by atoms with Gasteiger partial charge in [0.15, 0.2) is 5.82 Å². The Morgan fingerprint density at radius 2 is 1.97 bits per heavy atom. The van der Waals surface area contributed by atoms with Crippen molar-refractivity contribution in [1.29, 1.82) is 0 Å². The molecule has 182 valence electrons. The van der Waals surface area contributed by atoms with Gasteiger partial charge in [0, 0.05) is 62.2 Å². The van der Waals surface area contributed by atoms with Crippen LogP contribution in [-0.4, -0.2) is 61.2 Å². The monoisotopic (exact) mass is 482 g/mol. The summed E-state index contributed by atoms with van der Waals surface area (Å²) < 4.78 is 1.75. The second-order valence-corrected chi connectivity index (χ2v) is 9.19. The van der Waals surface area contributed by atoms with Crippen LogP contribution in [0.15, 0.2) is 37.2 Å². The number of nitrogens with zero attached hydrogens (tertiary/aromatic N) is 7. The van der Waals surface area contributed by atoms with Gasteiger partial charge in [0.25, 0.3) is 0 Å². The number of likely N-dealkylation sites (N-methyl/N-ethyl adjacent to an activating group) is 1. The molecule has 6 rings (SSSR count). The lowest BCUT2D eigenvalue weighted by Crippen LogP contribution is -2.29. The van der Waals surface area contributed by atoms with Gasteiger partial charge in [-0.05, 0) is 30.0 Å². The number of aromatic nitrogens is 5. The molecule has 0 spiro atoms. The highest BCUT2D eigenvalue weighted by Crippen LogP contribution is 2.38. The standard InChI is InChI=1S/C25H26N10O/c1-13-17(10-28-24-14(2)34(4)32-23(13)24)19-7-15-8-20(27-11-18(15)25(26)29-19)30-21-9-16-5-6-33(3)22(36)12-35(16)31-21/h7-11,32H,2,5-6,12H2,1,3-4H3,(H2,26,29)(H,27,30,31). The van der Waals surface area contributed by atoms with Crippen LogP contribution in [-0.2, 0) is 17.8 Å². The SMILES string of the molecule is C=C1c2ncc(-c3cc4cc(Nc5cc6n(n5)CC(=O)N(C)CC6)ncc4c(N)n3)c(C)c2NN1C.